The molecular weight excluding hydrogens is 238 g/mol. The van der Waals surface area contributed by atoms with E-state index in [-0.39, 0.29) is 11.4 Å². The predicted octanol–water partition coefficient (Wildman–Crippen LogP) is 2.70. The summed E-state index contributed by atoms with van der Waals surface area (Å²) in [5.41, 5.74) is 1.16. The molecule has 0 spiro atoms. The summed E-state index contributed by atoms with van der Waals surface area (Å²) in [6, 6.07) is 0.382. The van der Waals surface area contributed by atoms with E-state index >= 15 is 0 Å². The van der Waals surface area contributed by atoms with Gasteiger partial charge >= 0.3 is 0 Å². The molecule has 1 N–H and O–H groups in total. The fourth-order valence-electron chi connectivity index (χ4n) is 3.05. The second kappa shape index (κ2) is 5.35. The first-order valence-corrected chi connectivity index (χ1v) is 7.24. The summed E-state index contributed by atoms with van der Waals surface area (Å²) >= 11 is 0. The van der Waals surface area contributed by atoms with Gasteiger partial charge in [-0.05, 0) is 44.6 Å². The molecule has 1 aromatic heterocycles. The first-order chi connectivity index (χ1) is 8.90. The van der Waals surface area contributed by atoms with Crippen molar-refractivity contribution < 1.29 is 4.79 Å². The topological polar surface area (TPSA) is 46.9 Å². The summed E-state index contributed by atoms with van der Waals surface area (Å²) in [5.74, 6) is 0.774. The molecule has 0 aliphatic carbocycles. The fourth-order valence-corrected chi connectivity index (χ4v) is 3.05. The van der Waals surface area contributed by atoms with Gasteiger partial charge in [0.15, 0.2) is 0 Å². The molecule has 0 bridgehead atoms. The Hall–Kier alpha value is -1.32. The van der Waals surface area contributed by atoms with Crippen LogP contribution in [0.2, 0.25) is 0 Å². The minimum Gasteiger partial charge on any atom is -0.350 e. The van der Waals surface area contributed by atoms with E-state index in [1.54, 1.807) is 0 Å². The van der Waals surface area contributed by atoms with Crippen molar-refractivity contribution in [2.45, 2.75) is 65.0 Å². The van der Waals surface area contributed by atoms with Crippen LogP contribution in [-0.2, 0) is 11.2 Å². The van der Waals surface area contributed by atoms with Crippen LogP contribution >= 0.6 is 0 Å². The predicted molar refractivity (Wildman–Crippen MR) is 75.9 cm³/mol. The third-order valence-corrected chi connectivity index (χ3v) is 3.76. The molecule has 19 heavy (non-hydrogen) atoms. The minimum absolute atomic E-state index is 0.0594. The van der Waals surface area contributed by atoms with E-state index in [2.05, 4.69) is 44.3 Å². The summed E-state index contributed by atoms with van der Waals surface area (Å²) < 4.78 is 1.98. The largest absolute Gasteiger partial charge is 0.350 e. The van der Waals surface area contributed by atoms with Crippen molar-refractivity contribution in [3.63, 3.8) is 0 Å². The minimum atomic E-state index is -0.0594. The molecule has 2 rings (SSSR count). The molecule has 2 heterocycles. The third kappa shape index (κ3) is 3.37. The SMILES string of the molecule is CC(C)CC1(Cc2cnn(C(C)C)c2)CCC(=O)N1. The number of nitrogens with zero attached hydrogens (tertiary/aromatic N) is 2. The Bertz CT molecular complexity index is 450. The van der Waals surface area contributed by atoms with Crippen LogP contribution in [0.1, 0.15) is 58.6 Å². The van der Waals surface area contributed by atoms with Crippen molar-refractivity contribution >= 4 is 5.91 Å². The Balaban J connectivity index is 2.13. The smallest absolute Gasteiger partial charge is 0.220 e. The molecule has 1 aliphatic heterocycles. The highest BCUT2D eigenvalue weighted by Gasteiger charge is 2.38. The number of amides is 1. The summed E-state index contributed by atoms with van der Waals surface area (Å²) in [5, 5.41) is 7.60. The van der Waals surface area contributed by atoms with Gasteiger partial charge in [0.1, 0.15) is 0 Å². The van der Waals surface area contributed by atoms with Gasteiger partial charge in [0, 0.05) is 24.2 Å². The molecule has 1 atom stereocenters. The zero-order chi connectivity index (χ0) is 14.0. The van der Waals surface area contributed by atoms with Gasteiger partial charge in [-0.25, -0.2) is 0 Å². The average Bonchev–Trinajstić information content (AvgIpc) is 2.86. The molecule has 1 amide bonds. The van der Waals surface area contributed by atoms with Crippen LogP contribution < -0.4 is 5.32 Å². The Kier molecular flexibility index (Phi) is 3.97. The first kappa shape index (κ1) is 14.1. The summed E-state index contributed by atoms with van der Waals surface area (Å²) in [7, 11) is 0. The number of carbonyl (C=O) groups excluding carboxylic acids is 1. The lowest BCUT2D eigenvalue weighted by atomic mass is 9.83. The molecule has 1 saturated heterocycles. The zero-order valence-electron chi connectivity index (χ0n) is 12.4. The number of rotatable bonds is 5. The van der Waals surface area contributed by atoms with E-state index in [9.17, 15) is 4.79 Å². The number of hydrogen-bond donors (Lipinski definition) is 1. The van der Waals surface area contributed by atoms with E-state index in [1.807, 2.05) is 10.9 Å². The Morgan fingerprint density at radius 2 is 2.16 bits per heavy atom. The Morgan fingerprint density at radius 1 is 1.42 bits per heavy atom. The van der Waals surface area contributed by atoms with E-state index in [0.29, 0.717) is 18.4 Å². The molecule has 1 fully saturated rings. The highest BCUT2D eigenvalue weighted by molar-refractivity contribution is 5.79. The maximum atomic E-state index is 11.6. The Labute approximate surface area is 115 Å². The molecular formula is C15H25N3O. The zero-order valence-corrected chi connectivity index (χ0v) is 12.4. The molecule has 0 radical (unpaired) electrons. The van der Waals surface area contributed by atoms with Crippen LogP contribution in [0.15, 0.2) is 12.4 Å². The van der Waals surface area contributed by atoms with E-state index < -0.39 is 0 Å². The number of hydrogen-bond acceptors (Lipinski definition) is 2. The second-order valence-corrected chi connectivity index (χ2v) is 6.53. The van der Waals surface area contributed by atoms with E-state index in [1.165, 1.54) is 5.56 Å². The van der Waals surface area contributed by atoms with Gasteiger partial charge in [0.2, 0.25) is 5.91 Å². The summed E-state index contributed by atoms with van der Waals surface area (Å²) in [6.07, 6.45) is 7.57. The lowest BCUT2D eigenvalue weighted by molar-refractivity contribution is -0.119. The van der Waals surface area contributed by atoms with Gasteiger partial charge in [0.05, 0.1) is 6.20 Å². The van der Waals surface area contributed by atoms with Crippen molar-refractivity contribution in [1.82, 2.24) is 15.1 Å². The first-order valence-electron chi connectivity index (χ1n) is 7.24. The Morgan fingerprint density at radius 3 is 2.63 bits per heavy atom. The maximum absolute atomic E-state index is 11.6. The van der Waals surface area contributed by atoms with Crippen LogP contribution in [0, 0.1) is 5.92 Å². The van der Waals surface area contributed by atoms with E-state index in [0.717, 1.165) is 19.3 Å². The van der Waals surface area contributed by atoms with Gasteiger partial charge in [-0.15, -0.1) is 0 Å². The van der Waals surface area contributed by atoms with Gasteiger partial charge in [-0.1, -0.05) is 13.8 Å². The van der Waals surface area contributed by atoms with Crippen molar-refractivity contribution in [1.29, 1.82) is 0 Å². The molecule has 106 valence electrons. The van der Waals surface area contributed by atoms with Crippen LogP contribution in [0.3, 0.4) is 0 Å². The summed E-state index contributed by atoms with van der Waals surface area (Å²) in [6.45, 7) is 8.67. The lowest BCUT2D eigenvalue weighted by Crippen LogP contribution is -2.44. The molecule has 4 nitrogen and oxygen atoms in total. The molecule has 1 aromatic rings. The van der Waals surface area contributed by atoms with Crippen LogP contribution in [0.25, 0.3) is 0 Å². The summed E-state index contributed by atoms with van der Waals surface area (Å²) in [4.78, 5) is 11.6. The fraction of sp³-hybridized carbons (Fsp3) is 0.733. The lowest BCUT2D eigenvalue weighted by Gasteiger charge is -2.30. The number of nitrogens with one attached hydrogen (secondary N) is 1. The highest BCUT2D eigenvalue weighted by Crippen LogP contribution is 2.31. The van der Waals surface area contributed by atoms with Gasteiger partial charge < -0.3 is 5.32 Å². The van der Waals surface area contributed by atoms with Crippen LogP contribution in [-0.4, -0.2) is 21.2 Å². The van der Waals surface area contributed by atoms with Gasteiger partial charge in [0.25, 0.3) is 0 Å². The average molecular weight is 263 g/mol. The maximum Gasteiger partial charge on any atom is 0.220 e. The molecule has 0 aromatic carbocycles. The highest BCUT2D eigenvalue weighted by atomic mass is 16.2. The van der Waals surface area contributed by atoms with E-state index in [4.69, 9.17) is 0 Å². The van der Waals surface area contributed by atoms with Crippen molar-refractivity contribution in [2.24, 2.45) is 5.92 Å². The normalized spacial score (nSPS) is 23.4. The third-order valence-electron chi connectivity index (χ3n) is 3.76. The van der Waals surface area contributed by atoms with Crippen LogP contribution in [0.5, 0.6) is 0 Å². The van der Waals surface area contributed by atoms with Gasteiger partial charge in [-0.3, -0.25) is 9.48 Å². The molecule has 1 aliphatic rings. The number of aromatic nitrogens is 2. The van der Waals surface area contributed by atoms with Crippen molar-refractivity contribution in [3.05, 3.63) is 18.0 Å². The molecule has 4 heteroatoms. The van der Waals surface area contributed by atoms with Crippen LogP contribution in [0.4, 0.5) is 0 Å². The second-order valence-electron chi connectivity index (χ2n) is 6.53. The van der Waals surface area contributed by atoms with Crippen molar-refractivity contribution in [3.8, 4) is 0 Å². The quantitative estimate of drug-likeness (QED) is 0.888. The molecule has 0 saturated carbocycles. The molecule has 1 unspecified atom stereocenters. The number of carbonyl (C=O) groups is 1. The van der Waals surface area contributed by atoms with Crippen molar-refractivity contribution in [2.75, 3.05) is 0 Å². The monoisotopic (exact) mass is 263 g/mol. The van der Waals surface area contributed by atoms with Gasteiger partial charge in [-0.2, -0.15) is 5.10 Å². The standard InChI is InChI=1S/C15H25N3O/c1-11(2)7-15(6-5-14(19)17-15)8-13-9-16-18(10-13)12(3)4/h9-12H,5-8H2,1-4H3,(H,17,19).